The van der Waals surface area contributed by atoms with Crippen LogP contribution in [-0.4, -0.2) is 11.1 Å². The number of unbranched alkanes of at least 4 members (excludes halogenated alkanes) is 2. The van der Waals surface area contributed by atoms with Gasteiger partial charge in [-0.3, -0.25) is 0 Å². The third-order valence-electron chi connectivity index (χ3n) is 2.59. The average Bonchev–Trinajstić information content (AvgIpc) is 2.34. The minimum Gasteiger partial charge on any atom is -0.478 e. The first-order valence-electron chi connectivity index (χ1n) is 5.55. The Morgan fingerprint density at radius 2 is 2.00 bits per heavy atom. The third-order valence-corrected chi connectivity index (χ3v) is 3.64. The fourth-order valence-corrected chi connectivity index (χ4v) is 2.34. The largest absolute Gasteiger partial charge is 0.478 e. The molecule has 0 heterocycles. The average molecular weight is 312 g/mol. The normalized spacial score (nSPS) is 10.4. The molecular weight excluding hydrogens is 298 g/mol. The number of carbonyl (C=O) groups is 1. The highest BCUT2D eigenvalue weighted by atomic mass is 35.5. The number of rotatable bonds is 6. The molecule has 0 atom stereocenters. The summed E-state index contributed by atoms with van der Waals surface area (Å²) < 4.78 is 4.47. The highest BCUT2D eigenvalue weighted by Gasteiger charge is 2.21. The van der Waals surface area contributed by atoms with Crippen molar-refractivity contribution in [1.29, 1.82) is 0 Å². The quantitative estimate of drug-likeness (QED) is 0.755. The molecule has 0 amide bonds. The van der Waals surface area contributed by atoms with Crippen LogP contribution in [-0.2, 0) is 6.42 Å². The van der Waals surface area contributed by atoms with E-state index < -0.39 is 5.97 Å². The lowest BCUT2D eigenvalue weighted by Crippen LogP contribution is -2.02. The fraction of sp³-hybridized carbons (Fsp3) is 0.417. The van der Waals surface area contributed by atoms with Crippen LogP contribution in [0.25, 0.3) is 0 Å². The molecule has 3 nitrogen and oxygen atoms in total. The number of aryl methyl sites for hydroxylation is 1. The number of benzene rings is 1. The molecule has 0 aromatic heterocycles. The molecule has 0 radical (unpaired) electrons. The molecule has 0 aliphatic rings. The van der Waals surface area contributed by atoms with E-state index in [1.54, 1.807) is 0 Å². The van der Waals surface area contributed by atoms with E-state index in [9.17, 15) is 4.79 Å². The highest BCUT2D eigenvalue weighted by molar-refractivity contribution is 6.44. The molecule has 100 valence electrons. The summed E-state index contributed by atoms with van der Waals surface area (Å²) in [6.07, 6.45) is 3.71. The summed E-state index contributed by atoms with van der Waals surface area (Å²) in [5.41, 5.74) is 0.621. The van der Waals surface area contributed by atoms with Crippen molar-refractivity contribution in [1.82, 2.24) is 0 Å². The predicted molar refractivity (Wildman–Crippen MR) is 73.1 cm³/mol. The number of carboxylic acid groups (broad SMARTS) is 1. The molecule has 18 heavy (non-hydrogen) atoms. The van der Waals surface area contributed by atoms with E-state index in [4.69, 9.17) is 40.2 Å². The second-order valence-electron chi connectivity index (χ2n) is 3.88. The molecule has 1 aromatic carbocycles. The molecular formula is C12H13Cl3O3. The molecule has 0 bridgehead atoms. The van der Waals surface area contributed by atoms with E-state index >= 15 is 0 Å². The summed E-state index contributed by atoms with van der Waals surface area (Å²) in [4.78, 5) is 11.1. The van der Waals surface area contributed by atoms with Gasteiger partial charge < -0.3 is 9.40 Å². The Bertz CT molecular complexity index is 447. The van der Waals surface area contributed by atoms with Gasteiger partial charge in [0.1, 0.15) is 22.5 Å². The highest BCUT2D eigenvalue weighted by Crippen LogP contribution is 2.39. The summed E-state index contributed by atoms with van der Waals surface area (Å²) in [7, 11) is 0. The number of carboxylic acids is 1. The Balaban J connectivity index is 3.16. The standard InChI is InChI=1S/C12H13Cl3O3/c1-2-3-4-5-7-6-8(12(16)17)11(18-15)10(14)9(7)13/h6H,2-5H2,1H3,(H,16,17). The zero-order chi connectivity index (χ0) is 13.7. The van der Waals surface area contributed by atoms with Crippen LogP contribution in [0.2, 0.25) is 10.0 Å². The van der Waals surface area contributed by atoms with Crippen LogP contribution in [0.3, 0.4) is 0 Å². The van der Waals surface area contributed by atoms with E-state index in [1.807, 2.05) is 0 Å². The molecule has 6 heteroatoms. The number of hydrogen-bond acceptors (Lipinski definition) is 2. The number of aromatic carboxylic acids is 1. The summed E-state index contributed by atoms with van der Waals surface area (Å²) in [5, 5.41) is 9.41. The Morgan fingerprint density at radius 3 is 2.50 bits per heavy atom. The van der Waals surface area contributed by atoms with Gasteiger partial charge in [-0.15, -0.1) is 0 Å². The van der Waals surface area contributed by atoms with E-state index in [2.05, 4.69) is 11.2 Å². The second kappa shape index (κ2) is 7.07. The minimum absolute atomic E-state index is 0.0399. The molecule has 0 spiro atoms. The fourth-order valence-electron chi connectivity index (χ4n) is 1.64. The van der Waals surface area contributed by atoms with Crippen molar-refractivity contribution in [2.45, 2.75) is 32.6 Å². The minimum atomic E-state index is -1.15. The molecule has 1 rings (SSSR count). The first kappa shape index (κ1) is 15.4. The SMILES string of the molecule is CCCCCc1cc(C(=O)O)c(OCl)c(Cl)c1Cl. The Morgan fingerprint density at radius 1 is 1.33 bits per heavy atom. The lowest BCUT2D eigenvalue weighted by atomic mass is 10.0. The molecule has 0 fully saturated rings. The van der Waals surface area contributed by atoms with Gasteiger partial charge in [0, 0.05) is 0 Å². The summed E-state index contributed by atoms with van der Waals surface area (Å²) in [5.74, 6) is -1.27. The van der Waals surface area contributed by atoms with Crippen LogP contribution in [0, 0.1) is 0 Å². The summed E-state index contributed by atoms with van der Waals surface area (Å²) in [6.45, 7) is 2.09. The number of hydrogen-bond donors (Lipinski definition) is 1. The van der Waals surface area contributed by atoms with Crippen molar-refractivity contribution in [2.75, 3.05) is 0 Å². The van der Waals surface area contributed by atoms with Crippen molar-refractivity contribution < 1.29 is 14.2 Å². The van der Waals surface area contributed by atoms with Crippen molar-refractivity contribution in [2.24, 2.45) is 0 Å². The van der Waals surface area contributed by atoms with Gasteiger partial charge in [-0.05, 0) is 24.5 Å². The topological polar surface area (TPSA) is 46.5 Å². The van der Waals surface area contributed by atoms with E-state index in [-0.39, 0.29) is 16.3 Å². The monoisotopic (exact) mass is 310 g/mol. The molecule has 1 N–H and O–H groups in total. The van der Waals surface area contributed by atoms with E-state index in [0.717, 1.165) is 19.3 Å². The Hall–Kier alpha value is -0.640. The van der Waals surface area contributed by atoms with Crippen molar-refractivity contribution in [3.05, 3.63) is 27.2 Å². The second-order valence-corrected chi connectivity index (χ2v) is 4.79. The first-order chi connectivity index (χ1) is 8.52. The van der Waals surface area contributed by atoms with Gasteiger partial charge >= 0.3 is 5.97 Å². The van der Waals surface area contributed by atoms with Crippen LogP contribution in [0.15, 0.2) is 6.07 Å². The third kappa shape index (κ3) is 3.44. The summed E-state index contributed by atoms with van der Waals surface area (Å²) in [6, 6.07) is 1.46. The zero-order valence-electron chi connectivity index (χ0n) is 9.80. The zero-order valence-corrected chi connectivity index (χ0v) is 12.1. The van der Waals surface area contributed by atoms with Crippen LogP contribution in [0.5, 0.6) is 5.75 Å². The lowest BCUT2D eigenvalue weighted by Gasteiger charge is -2.11. The Labute approximate surface area is 121 Å². The van der Waals surface area contributed by atoms with Gasteiger partial charge in [-0.1, -0.05) is 43.0 Å². The van der Waals surface area contributed by atoms with Crippen LogP contribution >= 0.6 is 35.1 Å². The molecule has 0 aliphatic carbocycles. The first-order valence-corrected chi connectivity index (χ1v) is 6.62. The lowest BCUT2D eigenvalue weighted by molar-refractivity contribution is 0.0695. The molecule has 0 saturated heterocycles. The maximum absolute atomic E-state index is 11.1. The molecule has 0 aliphatic heterocycles. The maximum Gasteiger partial charge on any atom is 0.339 e. The molecule has 0 saturated carbocycles. The van der Waals surface area contributed by atoms with Crippen LogP contribution in [0.4, 0.5) is 0 Å². The van der Waals surface area contributed by atoms with Gasteiger partial charge in [-0.2, -0.15) is 0 Å². The van der Waals surface area contributed by atoms with Gasteiger partial charge in [0.2, 0.25) is 0 Å². The van der Waals surface area contributed by atoms with Gasteiger partial charge in [0.15, 0.2) is 5.75 Å². The van der Waals surface area contributed by atoms with Crippen molar-refractivity contribution in [3.63, 3.8) is 0 Å². The van der Waals surface area contributed by atoms with Crippen molar-refractivity contribution >= 4 is 41.0 Å². The van der Waals surface area contributed by atoms with Gasteiger partial charge in [0.25, 0.3) is 0 Å². The van der Waals surface area contributed by atoms with Gasteiger partial charge in [-0.25, -0.2) is 4.79 Å². The molecule has 1 aromatic rings. The van der Waals surface area contributed by atoms with E-state index in [0.29, 0.717) is 17.0 Å². The van der Waals surface area contributed by atoms with Crippen LogP contribution < -0.4 is 4.29 Å². The van der Waals surface area contributed by atoms with Crippen molar-refractivity contribution in [3.8, 4) is 5.75 Å². The molecule has 0 unspecified atom stereocenters. The summed E-state index contributed by atoms with van der Waals surface area (Å²) >= 11 is 17.3. The smallest absolute Gasteiger partial charge is 0.339 e. The van der Waals surface area contributed by atoms with Crippen LogP contribution in [0.1, 0.15) is 42.1 Å². The maximum atomic E-state index is 11.1. The van der Waals surface area contributed by atoms with E-state index in [1.165, 1.54) is 6.07 Å². The predicted octanol–water partition coefficient (Wildman–Crippen LogP) is 4.96. The van der Waals surface area contributed by atoms with Gasteiger partial charge in [0.05, 0.1) is 5.02 Å². The number of halogens is 3. The Kier molecular flexibility index (Phi) is 6.06.